The summed E-state index contributed by atoms with van der Waals surface area (Å²) in [5.41, 5.74) is 0. The summed E-state index contributed by atoms with van der Waals surface area (Å²) in [5.74, 6) is -1.03. The van der Waals surface area contributed by atoms with Crippen LogP contribution in [-0.4, -0.2) is 37.2 Å². The Kier molecular flexibility index (Phi) is 41.6. The molecule has 6 nitrogen and oxygen atoms in total. The molecule has 0 aliphatic heterocycles. The topological polar surface area (TPSA) is 78.9 Å². The quantitative estimate of drug-likeness (QED) is 0.0268. The molecule has 318 valence electrons. The molecule has 0 saturated heterocycles. The number of esters is 3. The van der Waals surface area contributed by atoms with Crippen molar-refractivity contribution in [3.05, 3.63) is 85.1 Å². The average Bonchev–Trinajstić information content (AvgIpc) is 3.19. The van der Waals surface area contributed by atoms with Gasteiger partial charge in [0.05, 0.1) is 0 Å². The van der Waals surface area contributed by atoms with Gasteiger partial charge in [0.2, 0.25) is 0 Å². The largest absolute Gasteiger partial charge is 0.462 e. The summed E-state index contributed by atoms with van der Waals surface area (Å²) >= 11 is 0. The zero-order valence-corrected chi connectivity index (χ0v) is 36.1. The number of rotatable bonds is 39. The van der Waals surface area contributed by atoms with Crippen molar-refractivity contribution in [3.63, 3.8) is 0 Å². The SMILES string of the molecule is CC/C=C\C/C=C\CCCCCCCC(=O)OC(COC(=O)CCC/C=C\C/C=C\C/C=C\CCCCCCCC)COC(=O)CCCC/C=C\C/C=C\CC. The molecule has 1 atom stereocenters. The van der Waals surface area contributed by atoms with Gasteiger partial charge in [-0.3, -0.25) is 14.4 Å². The summed E-state index contributed by atoms with van der Waals surface area (Å²) in [6.07, 6.45) is 55.9. The van der Waals surface area contributed by atoms with E-state index in [-0.39, 0.29) is 37.5 Å². The summed E-state index contributed by atoms with van der Waals surface area (Å²) in [5, 5.41) is 0. The van der Waals surface area contributed by atoms with Gasteiger partial charge in [0, 0.05) is 19.3 Å². The second kappa shape index (κ2) is 44.3. The molecule has 56 heavy (non-hydrogen) atoms. The lowest BCUT2D eigenvalue weighted by atomic mass is 10.1. The fourth-order valence-electron chi connectivity index (χ4n) is 5.77. The van der Waals surface area contributed by atoms with E-state index in [1.165, 1.54) is 44.9 Å². The standard InChI is InChI=1S/C50H82O6/c1-4-7-10-13-16-19-21-23-24-25-26-27-29-31-34-37-40-43-49(52)55-46-47(45-54-48(51)42-39-36-33-30-18-15-12-9-6-3)56-50(53)44-41-38-35-32-28-22-20-17-14-11-8-5-2/h8-9,11-12,17-18,20,23-24,26-27,30-31,34,47H,4-7,10,13-16,19,21-22,25,28-29,32-33,35-46H2,1-3H3/b11-8-,12-9-,20-17-,24-23-,27-26-,30-18-,34-31-. The number of hydrogen-bond acceptors (Lipinski definition) is 6. The summed E-state index contributed by atoms with van der Waals surface area (Å²) in [7, 11) is 0. The maximum atomic E-state index is 12.7. The van der Waals surface area contributed by atoms with Crippen molar-refractivity contribution in [2.75, 3.05) is 13.2 Å². The van der Waals surface area contributed by atoms with Crippen LogP contribution in [-0.2, 0) is 28.6 Å². The lowest BCUT2D eigenvalue weighted by Crippen LogP contribution is -2.30. The molecule has 0 bridgehead atoms. The molecule has 0 N–H and O–H groups in total. The first-order valence-corrected chi connectivity index (χ1v) is 22.6. The Morgan fingerprint density at radius 1 is 0.375 bits per heavy atom. The highest BCUT2D eigenvalue weighted by Crippen LogP contribution is 2.12. The van der Waals surface area contributed by atoms with E-state index in [1.807, 2.05) is 0 Å². The van der Waals surface area contributed by atoms with Crippen LogP contribution in [0.4, 0.5) is 0 Å². The molecule has 6 heteroatoms. The normalized spacial score (nSPS) is 12.8. The van der Waals surface area contributed by atoms with Crippen LogP contribution in [0.3, 0.4) is 0 Å². The first kappa shape index (κ1) is 52.6. The zero-order valence-electron chi connectivity index (χ0n) is 36.1. The molecule has 0 saturated carbocycles. The molecule has 0 aromatic rings. The third-order valence-corrected chi connectivity index (χ3v) is 9.11. The first-order chi connectivity index (χ1) is 27.5. The first-order valence-electron chi connectivity index (χ1n) is 22.6. The Hall–Kier alpha value is -3.41. The molecule has 0 aliphatic carbocycles. The van der Waals surface area contributed by atoms with Gasteiger partial charge in [0.15, 0.2) is 6.10 Å². The van der Waals surface area contributed by atoms with Gasteiger partial charge in [0.25, 0.3) is 0 Å². The Balaban J connectivity index is 4.48. The number of ether oxygens (including phenoxy) is 3. The van der Waals surface area contributed by atoms with Gasteiger partial charge >= 0.3 is 17.9 Å². The average molecular weight is 779 g/mol. The van der Waals surface area contributed by atoms with Gasteiger partial charge in [0.1, 0.15) is 13.2 Å². The molecule has 0 aliphatic rings. The number of hydrogen-bond donors (Lipinski definition) is 0. The molecule has 0 rings (SSSR count). The number of allylic oxidation sites excluding steroid dienone is 14. The highest BCUT2D eigenvalue weighted by molar-refractivity contribution is 5.71. The fourth-order valence-corrected chi connectivity index (χ4v) is 5.77. The van der Waals surface area contributed by atoms with Gasteiger partial charge < -0.3 is 14.2 Å². The van der Waals surface area contributed by atoms with Crippen LogP contribution < -0.4 is 0 Å². The van der Waals surface area contributed by atoms with Crippen LogP contribution >= 0.6 is 0 Å². The van der Waals surface area contributed by atoms with Crippen LogP contribution in [0, 0.1) is 0 Å². The molecule has 0 spiro atoms. The maximum Gasteiger partial charge on any atom is 0.306 e. The van der Waals surface area contributed by atoms with E-state index in [0.717, 1.165) is 103 Å². The fraction of sp³-hybridized carbons (Fsp3) is 0.660. The molecule has 0 heterocycles. The zero-order chi connectivity index (χ0) is 40.8. The lowest BCUT2D eigenvalue weighted by Gasteiger charge is -2.18. The molecular weight excluding hydrogens is 697 g/mol. The van der Waals surface area contributed by atoms with Gasteiger partial charge in [-0.2, -0.15) is 0 Å². The maximum absolute atomic E-state index is 12.7. The second-order valence-corrected chi connectivity index (χ2v) is 14.5. The lowest BCUT2D eigenvalue weighted by molar-refractivity contribution is -0.167. The van der Waals surface area contributed by atoms with Crippen LogP contribution in [0.1, 0.15) is 194 Å². The smallest absolute Gasteiger partial charge is 0.306 e. The Morgan fingerprint density at radius 2 is 0.714 bits per heavy atom. The predicted octanol–water partition coefficient (Wildman–Crippen LogP) is 14.5. The number of carbonyl (C=O) groups excluding carboxylic acids is 3. The van der Waals surface area contributed by atoms with Crippen LogP contribution in [0.5, 0.6) is 0 Å². The highest BCUT2D eigenvalue weighted by atomic mass is 16.6. The van der Waals surface area contributed by atoms with Crippen molar-refractivity contribution in [1.82, 2.24) is 0 Å². The molecule has 0 fully saturated rings. The highest BCUT2D eigenvalue weighted by Gasteiger charge is 2.19. The van der Waals surface area contributed by atoms with Gasteiger partial charge in [-0.1, -0.05) is 157 Å². The number of carbonyl (C=O) groups is 3. The van der Waals surface area contributed by atoms with Crippen LogP contribution in [0.2, 0.25) is 0 Å². The number of unbranched alkanes of at least 4 members (excludes halogenated alkanes) is 14. The van der Waals surface area contributed by atoms with E-state index < -0.39 is 6.10 Å². The third kappa shape index (κ3) is 41.7. The monoisotopic (exact) mass is 779 g/mol. The van der Waals surface area contributed by atoms with Crippen LogP contribution in [0.15, 0.2) is 85.1 Å². The molecule has 0 radical (unpaired) electrons. The summed E-state index contributed by atoms with van der Waals surface area (Å²) < 4.78 is 16.6. The molecular formula is C50H82O6. The minimum atomic E-state index is -0.814. The molecule has 0 aromatic carbocycles. The molecule has 0 amide bonds. The Morgan fingerprint density at radius 3 is 1.20 bits per heavy atom. The summed E-state index contributed by atoms with van der Waals surface area (Å²) in [6, 6.07) is 0. The van der Waals surface area contributed by atoms with E-state index in [4.69, 9.17) is 14.2 Å². The molecule has 0 aromatic heterocycles. The van der Waals surface area contributed by atoms with Crippen molar-refractivity contribution in [2.24, 2.45) is 0 Å². The van der Waals surface area contributed by atoms with E-state index in [0.29, 0.717) is 19.3 Å². The second-order valence-electron chi connectivity index (χ2n) is 14.5. The van der Waals surface area contributed by atoms with Crippen molar-refractivity contribution in [1.29, 1.82) is 0 Å². The van der Waals surface area contributed by atoms with E-state index in [2.05, 4.69) is 106 Å². The minimum absolute atomic E-state index is 0.117. The minimum Gasteiger partial charge on any atom is -0.462 e. The van der Waals surface area contributed by atoms with Gasteiger partial charge in [-0.15, -0.1) is 0 Å². The van der Waals surface area contributed by atoms with E-state index in [9.17, 15) is 14.4 Å². The Labute approximate surface area is 344 Å². The van der Waals surface area contributed by atoms with Crippen molar-refractivity contribution in [2.45, 2.75) is 200 Å². The van der Waals surface area contributed by atoms with E-state index >= 15 is 0 Å². The predicted molar refractivity (Wildman–Crippen MR) is 237 cm³/mol. The summed E-state index contributed by atoms with van der Waals surface area (Å²) in [6.45, 7) is 6.28. The Bertz CT molecular complexity index is 1120. The van der Waals surface area contributed by atoms with Crippen molar-refractivity contribution < 1.29 is 28.6 Å². The van der Waals surface area contributed by atoms with Crippen LogP contribution in [0.25, 0.3) is 0 Å². The van der Waals surface area contributed by atoms with Gasteiger partial charge in [-0.05, 0) is 103 Å². The van der Waals surface area contributed by atoms with Crippen molar-refractivity contribution >= 4 is 17.9 Å². The van der Waals surface area contributed by atoms with Crippen molar-refractivity contribution in [3.8, 4) is 0 Å². The molecule has 1 unspecified atom stereocenters. The van der Waals surface area contributed by atoms with E-state index in [1.54, 1.807) is 0 Å². The summed E-state index contributed by atoms with van der Waals surface area (Å²) in [4.78, 5) is 37.6. The van der Waals surface area contributed by atoms with Gasteiger partial charge in [-0.25, -0.2) is 0 Å². The third-order valence-electron chi connectivity index (χ3n) is 9.11.